The topological polar surface area (TPSA) is 21.3 Å². The van der Waals surface area contributed by atoms with Crippen molar-refractivity contribution < 1.29 is 9.13 Å². The molecule has 2 unspecified atom stereocenters. The van der Waals surface area contributed by atoms with E-state index in [2.05, 4.69) is 12.2 Å². The number of ether oxygens (including phenoxy) is 1. The third-order valence-corrected chi connectivity index (χ3v) is 4.13. The third kappa shape index (κ3) is 2.85. The summed E-state index contributed by atoms with van der Waals surface area (Å²) in [4.78, 5) is 0. The van der Waals surface area contributed by atoms with E-state index in [1.165, 1.54) is 12.1 Å². The Morgan fingerprint density at radius 1 is 1.56 bits per heavy atom. The molecule has 2 nitrogen and oxygen atoms in total. The SMILES string of the molecule is CNC(Cc1ccc(F)cc1Cl)C1(C)CCCO1. The van der Waals surface area contributed by atoms with Crippen molar-refractivity contribution in [3.05, 3.63) is 34.6 Å². The summed E-state index contributed by atoms with van der Waals surface area (Å²) in [5, 5.41) is 3.78. The average molecular weight is 272 g/mol. The summed E-state index contributed by atoms with van der Waals surface area (Å²) in [7, 11) is 1.93. The van der Waals surface area contributed by atoms with Gasteiger partial charge in [-0.2, -0.15) is 0 Å². The van der Waals surface area contributed by atoms with Crippen molar-refractivity contribution in [2.75, 3.05) is 13.7 Å². The van der Waals surface area contributed by atoms with Crippen LogP contribution in [0.5, 0.6) is 0 Å². The highest BCUT2D eigenvalue weighted by molar-refractivity contribution is 6.31. The minimum Gasteiger partial charge on any atom is -0.374 e. The molecule has 0 aliphatic carbocycles. The van der Waals surface area contributed by atoms with Crippen molar-refractivity contribution in [1.82, 2.24) is 5.32 Å². The van der Waals surface area contributed by atoms with Crippen LogP contribution in [0.4, 0.5) is 4.39 Å². The zero-order chi connectivity index (χ0) is 13.2. The van der Waals surface area contributed by atoms with E-state index in [4.69, 9.17) is 16.3 Å². The molecule has 1 heterocycles. The Balaban J connectivity index is 2.15. The lowest BCUT2D eigenvalue weighted by atomic mass is 9.88. The second-order valence-electron chi connectivity index (χ2n) is 5.05. The fourth-order valence-electron chi connectivity index (χ4n) is 2.61. The van der Waals surface area contributed by atoms with Crippen LogP contribution in [0.2, 0.25) is 5.02 Å². The van der Waals surface area contributed by atoms with Crippen molar-refractivity contribution in [1.29, 1.82) is 0 Å². The van der Waals surface area contributed by atoms with Gasteiger partial charge in [-0.05, 0) is 50.9 Å². The zero-order valence-electron chi connectivity index (χ0n) is 10.8. The molecule has 1 saturated heterocycles. The van der Waals surface area contributed by atoms with Crippen molar-refractivity contribution in [3.63, 3.8) is 0 Å². The van der Waals surface area contributed by atoms with Gasteiger partial charge in [-0.1, -0.05) is 17.7 Å². The van der Waals surface area contributed by atoms with Crippen molar-refractivity contribution in [3.8, 4) is 0 Å². The lowest BCUT2D eigenvalue weighted by Gasteiger charge is -2.33. The molecule has 1 aliphatic rings. The highest BCUT2D eigenvalue weighted by Crippen LogP contribution is 2.31. The standard InChI is InChI=1S/C14H19ClFNO/c1-14(6-3-7-18-14)13(17-2)8-10-4-5-11(16)9-12(10)15/h4-5,9,13,17H,3,6-8H2,1-2H3. The molecule has 2 atom stereocenters. The Labute approximate surface area is 112 Å². The van der Waals surface area contributed by atoms with Crippen molar-refractivity contribution >= 4 is 11.6 Å². The van der Waals surface area contributed by atoms with Crippen LogP contribution in [-0.2, 0) is 11.2 Å². The van der Waals surface area contributed by atoms with E-state index < -0.39 is 0 Å². The molecule has 0 radical (unpaired) electrons. The van der Waals surface area contributed by atoms with E-state index in [1.807, 2.05) is 7.05 Å². The van der Waals surface area contributed by atoms with Gasteiger partial charge in [0.1, 0.15) is 5.82 Å². The summed E-state index contributed by atoms with van der Waals surface area (Å²) >= 11 is 6.07. The largest absolute Gasteiger partial charge is 0.374 e. The first-order chi connectivity index (χ1) is 8.55. The second kappa shape index (κ2) is 5.55. The van der Waals surface area contributed by atoms with Gasteiger partial charge >= 0.3 is 0 Å². The number of hydrogen-bond acceptors (Lipinski definition) is 2. The summed E-state index contributed by atoms with van der Waals surface area (Å²) in [6.45, 7) is 2.93. The molecule has 1 N–H and O–H groups in total. The van der Waals surface area contributed by atoms with E-state index in [0.29, 0.717) is 5.02 Å². The number of nitrogens with one attached hydrogen (secondary N) is 1. The molecule has 1 fully saturated rings. The van der Waals surface area contributed by atoms with Crippen LogP contribution in [0.15, 0.2) is 18.2 Å². The van der Waals surface area contributed by atoms with Crippen LogP contribution in [0, 0.1) is 5.82 Å². The Morgan fingerprint density at radius 3 is 2.89 bits per heavy atom. The highest BCUT2D eigenvalue weighted by atomic mass is 35.5. The zero-order valence-corrected chi connectivity index (χ0v) is 11.6. The smallest absolute Gasteiger partial charge is 0.124 e. The van der Waals surface area contributed by atoms with Crippen LogP contribution in [0.25, 0.3) is 0 Å². The summed E-state index contributed by atoms with van der Waals surface area (Å²) in [5.74, 6) is -0.298. The normalized spacial score (nSPS) is 25.3. The summed E-state index contributed by atoms with van der Waals surface area (Å²) in [5.41, 5.74) is 0.793. The molecular formula is C14H19ClFNO. The average Bonchev–Trinajstić information content (AvgIpc) is 2.76. The Kier molecular flexibility index (Phi) is 4.25. The van der Waals surface area contributed by atoms with Crippen LogP contribution < -0.4 is 5.32 Å². The number of rotatable bonds is 4. The lowest BCUT2D eigenvalue weighted by molar-refractivity contribution is -0.00943. The summed E-state index contributed by atoms with van der Waals surface area (Å²) < 4.78 is 18.9. The van der Waals surface area contributed by atoms with Gasteiger partial charge in [0.25, 0.3) is 0 Å². The van der Waals surface area contributed by atoms with Crippen molar-refractivity contribution in [2.45, 2.75) is 37.8 Å². The predicted octanol–water partition coefficient (Wildman–Crippen LogP) is 3.18. The maximum Gasteiger partial charge on any atom is 0.124 e. The lowest BCUT2D eigenvalue weighted by Crippen LogP contribution is -2.48. The molecule has 2 rings (SSSR count). The monoisotopic (exact) mass is 271 g/mol. The fraction of sp³-hybridized carbons (Fsp3) is 0.571. The predicted molar refractivity (Wildman–Crippen MR) is 71.6 cm³/mol. The molecule has 1 aromatic carbocycles. The van der Waals surface area contributed by atoms with Gasteiger partial charge in [0.05, 0.1) is 5.60 Å². The molecule has 0 saturated carbocycles. The molecule has 0 bridgehead atoms. The maximum absolute atomic E-state index is 13.0. The summed E-state index contributed by atoms with van der Waals surface area (Å²) in [6.07, 6.45) is 2.87. The quantitative estimate of drug-likeness (QED) is 0.908. The molecule has 0 amide bonds. The van der Waals surface area contributed by atoms with E-state index >= 15 is 0 Å². The van der Waals surface area contributed by atoms with E-state index in [0.717, 1.165) is 31.4 Å². The first-order valence-corrected chi connectivity index (χ1v) is 6.68. The number of halogens is 2. The van der Waals surface area contributed by atoms with Gasteiger partial charge in [0.2, 0.25) is 0 Å². The van der Waals surface area contributed by atoms with Crippen LogP contribution >= 0.6 is 11.6 Å². The maximum atomic E-state index is 13.0. The van der Waals surface area contributed by atoms with Gasteiger partial charge < -0.3 is 10.1 Å². The fourth-order valence-corrected chi connectivity index (χ4v) is 2.85. The number of likely N-dealkylation sites (N-methyl/N-ethyl adjacent to an activating group) is 1. The highest BCUT2D eigenvalue weighted by Gasteiger charge is 2.37. The Bertz CT molecular complexity index is 418. The molecule has 1 aliphatic heterocycles. The van der Waals surface area contributed by atoms with Crippen LogP contribution in [-0.4, -0.2) is 25.3 Å². The molecule has 0 aromatic heterocycles. The molecule has 0 spiro atoms. The molecule has 4 heteroatoms. The van der Waals surface area contributed by atoms with Gasteiger partial charge in [0, 0.05) is 17.7 Å². The molecule has 1 aromatic rings. The van der Waals surface area contributed by atoms with E-state index in [-0.39, 0.29) is 17.5 Å². The Morgan fingerprint density at radius 2 is 2.33 bits per heavy atom. The Hall–Kier alpha value is -0.640. The van der Waals surface area contributed by atoms with Crippen LogP contribution in [0.3, 0.4) is 0 Å². The minimum atomic E-state index is -0.298. The molecular weight excluding hydrogens is 253 g/mol. The van der Waals surface area contributed by atoms with E-state index in [1.54, 1.807) is 6.07 Å². The first kappa shape index (κ1) is 13.8. The van der Waals surface area contributed by atoms with Gasteiger partial charge in [0.15, 0.2) is 0 Å². The third-order valence-electron chi connectivity index (χ3n) is 3.77. The minimum absolute atomic E-state index is 0.160. The second-order valence-corrected chi connectivity index (χ2v) is 5.45. The number of hydrogen-bond donors (Lipinski definition) is 1. The van der Waals surface area contributed by atoms with Gasteiger partial charge in [-0.3, -0.25) is 0 Å². The summed E-state index contributed by atoms with van der Waals surface area (Å²) in [6, 6.07) is 4.75. The number of benzene rings is 1. The van der Waals surface area contributed by atoms with Gasteiger partial charge in [-0.15, -0.1) is 0 Å². The first-order valence-electron chi connectivity index (χ1n) is 6.30. The van der Waals surface area contributed by atoms with E-state index in [9.17, 15) is 4.39 Å². The van der Waals surface area contributed by atoms with Gasteiger partial charge in [-0.25, -0.2) is 4.39 Å². The van der Waals surface area contributed by atoms with Crippen LogP contribution in [0.1, 0.15) is 25.3 Å². The van der Waals surface area contributed by atoms with Crippen molar-refractivity contribution in [2.24, 2.45) is 0 Å². The molecule has 100 valence electrons. The molecule has 18 heavy (non-hydrogen) atoms.